The Morgan fingerprint density at radius 1 is 1.20 bits per heavy atom. The summed E-state index contributed by atoms with van der Waals surface area (Å²) < 4.78 is 13.7. The minimum absolute atomic E-state index is 0.216. The van der Waals surface area contributed by atoms with Gasteiger partial charge in [-0.05, 0) is 40.0 Å². The average Bonchev–Trinajstić information content (AvgIpc) is 2.41. The number of anilines is 1. The Balaban J connectivity index is 2.15. The Kier molecular flexibility index (Phi) is 5.06. The van der Waals surface area contributed by atoms with Crippen LogP contribution in [0.3, 0.4) is 0 Å². The molecule has 2 rings (SSSR count). The fraction of sp³-hybridized carbons (Fsp3) is 0.333. The van der Waals surface area contributed by atoms with Gasteiger partial charge in [-0.25, -0.2) is 14.4 Å². The second-order valence-corrected chi connectivity index (χ2v) is 5.51. The number of nitrogens with zero attached hydrogens (tertiary/aromatic N) is 3. The predicted octanol–water partition coefficient (Wildman–Crippen LogP) is 3.97. The average molecular weight is 338 g/mol. The standard InChI is InChI=1S/C15H17BrFN3/c1-3-4-14-18-13(16)9-15(19-14)20(2)10-11-5-7-12(17)8-6-11/h5-9H,3-4,10H2,1-2H3. The van der Waals surface area contributed by atoms with E-state index in [1.54, 1.807) is 12.1 Å². The molecule has 1 heterocycles. The van der Waals surface area contributed by atoms with Crippen LogP contribution in [-0.2, 0) is 13.0 Å². The first kappa shape index (κ1) is 14.9. The first-order valence-electron chi connectivity index (χ1n) is 6.57. The molecule has 0 saturated carbocycles. The summed E-state index contributed by atoms with van der Waals surface area (Å²) in [7, 11) is 1.97. The molecular formula is C15H17BrFN3. The van der Waals surface area contributed by atoms with Crippen LogP contribution in [-0.4, -0.2) is 17.0 Å². The van der Waals surface area contributed by atoms with Gasteiger partial charge in [0.15, 0.2) is 0 Å². The zero-order chi connectivity index (χ0) is 14.5. The molecule has 0 saturated heterocycles. The SMILES string of the molecule is CCCc1nc(Br)cc(N(C)Cc2ccc(F)cc2)n1. The molecule has 5 heteroatoms. The molecule has 0 radical (unpaired) electrons. The quantitative estimate of drug-likeness (QED) is 0.773. The second kappa shape index (κ2) is 6.79. The fourth-order valence-electron chi connectivity index (χ4n) is 1.93. The molecule has 0 unspecified atom stereocenters. The summed E-state index contributed by atoms with van der Waals surface area (Å²) in [4.78, 5) is 10.9. The van der Waals surface area contributed by atoms with Gasteiger partial charge in [-0.15, -0.1) is 0 Å². The largest absolute Gasteiger partial charge is 0.355 e. The molecule has 3 nitrogen and oxygen atoms in total. The van der Waals surface area contributed by atoms with E-state index in [1.807, 2.05) is 18.0 Å². The number of hydrogen-bond acceptors (Lipinski definition) is 3. The zero-order valence-corrected chi connectivity index (χ0v) is 13.2. The van der Waals surface area contributed by atoms with Crippen molar-refractivity contribution in [2.45, 2.75) is 26.3 Å². The van der Waals surface area contributed by atoms with Crippen molar-refractivity contribution in [2.24, 2.45) is 0 Å². The van der Waals surface area contributed by atoms with Crippen molar-refractivity contribution in [3.63, 3.8) is 0 Å². The van der Waals surface area contributed by atoms with Crippen molar-refractivity contribution < 1.29 is 4.39 Å². The summed E-state index contributed by atoms with van der Waals surface area (Å²) in [6, 6.07) is 8.41. The van der Waals surface area contributed by atoms with Gasteiger partial charge in [-0.1, -0.05) is 19.1 Å². The second-order valence-electron chi connectivity index (χ2n) is 4.70. The molecule has 0 aliphatic rings. The number of aromatic nitrogens is 2. The number of benzene rings is 1. The van der Waals surface area contributed by atoms with Crippen LogP contribution in [0.25, 0.3) is 0 Å². The van der Waals surface area contributed by atoms with Gasteiger partial charge in [-0.3, -0.25) is 0 Å². The van der Waals surface area contributed by atoms with Crippen molar-refractivity contribution in [1.82, 2.24) is 9.97 Å². The molecule has 2 aromatic rings. The van der Waals surface area contributed by atoms with Crippen molar-refractivity contribution in [2.75, 3.05) is 11.9 Å². The molecule has 106 valence electrons. The highest BCUT2D eigenvalue weighted by atomic mass is 79.9. The zero-order valence-electron chi connectivity index (χ0n) is 11.6. The first-order chi connectivity index (χ1) is 9.58. The topological polar surface area (TPSA) is 29.0 Å². The van der Waals surface area contributed by atoms with Crippen LogP contribution in [0.4, 0.5) is 10.2 Å². The number of aryl methyl sites for hydroxylation is 1. The van der Waals surface area contributed by atoms with E-state index in [-0.39, 0.29) is 5.82 Å². The molecule has 0 fully saturated rings. The van der Waals surface area contributed by atoms with Crippen LogP contribution in [0.2, 0.25) is 0 Å². The van der Waals surface area contributed by atoms with Crippen molar-refractivity contribution in [1.29, 1.82) is 0 Å². The van der Waals surface area contributed by atoms with E-state index in [9.17, 15) is 4.39 Å². The molecular weight excluding hydrogens is 321 g/mol. The summed E-state index contributed by atoms with van der Waals surface area (Å²) in [5.41, 5.74) is 1.04. The maximum Gasteiger partial charge on any atom is 0.133 e. The lowest BCUT2D eigenvalue weighted by Gasteiger charge is -2.19. The van der Waals surface area contributed by atoms with Gasteiger partial charge < -0.3 is 4.90 Å². The summed E-state index contributed by atoms with van der Waals surface area (Å²) in [5, 5.41) is 0. The highest BCUT2D eigenvalue weighted by molar-refractivity contribution is 9.10. The summed E-state index contributed by atoms with van der Waals surface area (Å²) in [6.07, 6.45) is 1.87. The Labute approximate surface area is 127 Å². The molecule has 0 aliphatic carbocycles. The lowest BCUT2D eigenvalue weighted by Crippen LogP contribution is -2.18. The minimum atomic E-state index is -0.216. The highest BCUT2D eigenvalue weighted by Crippen LogP contribution is 2.18. The third-order valence-electron chi connectivity index (χ3n) is 2.93. The fourth-order valence-corrected chi connectivity index (χ4v) is 2.34. The molecule has 0 spiro atoms. The van der Waals surface area contributed by atoms with E-state index in [1.165, 1.54) is 12.1 Å². The van der Waals surface area contributed by atoms with Crippen LogP contribution >= 0.6 is 15.9 Å². The number of rotatable bonds is 5. The third kappa shape index (κ3) is 4.00. The van der Waals surface area contributed by atoms with Gasteiger partial charge in [0.2, 0.25) is 0 Å². The predicted molar refractivity (Wildman–Crippen MR) is 82.2 cm³/mol. The lowest BCUT2D eigenvalue weighted by molar-refractivity contribution is 0.627. The molecule has 0 N–H and O–H groups in total. The monoisotopic (exact) mass is 337 g/mol. The summed E-state index contributed by atoms with van der Waals surface area (Å²) >= 11 is 3.42. The smallest absolute Gasteiger partial charge is 0.133 e. The van der Waals surface area contributed by atoms with E-state index in [2.05, 4.69) is 32.8 Å². The number of halogens is 2. The Morgan fingerprint density at radius 3 is 2.55 bits per heavy atom. The Hall–Kier alpha value is -1.49. The Morgan fingerprint density at radius 2 is 1.90 bits per heavy atom. The van der Waals surface area contributed by atoms with E-state index < -0.39 is 0 Å². The van der Waals surface area contributed by atoms with Crippen LogP contribution in [0.5, 0.6) is 0 Å². The number of hydrogen-bond donors (Lipinski definition) is 0. The molecule has 0 bridgehead atoms. The third-order valence-corrected chi connectivity index (χ3v) is 3.33. The molecule has 0 aliphatic heterocycles. The molecule has 1 aromatic heterocycles. The first-order valence-corrected chi connectivity index (χ1v) is 7.37. The summed E-state index contributed by atoms with van der Waals surface area (Å²) in [6.45, 7) is 2.78. The van der Waals surface area contributed by atoms with Crippen LogP contribution in [0.15, 0.2) is 34.9 Å². The molecule has 0 amide bonds. The van der Waals surface area contributed by atoms with Crippen LogP contribution in [0, 0.1) is 5.82 Å². The van der Waals surface area contributed by atoms with E-state index in [0.29, 0.717) is 6.54 Å². The van der Waals surface area contributed by atoms with Gasteiger partial charge in [0, 0.05) is 26.1 Å². The molecule has 20 heavy (non-hydrogen) atoms. The van der Waals surface area contributed by atoms with Crippen molar-refractivity contribution >= 4 is 21.7 Å². The van der Waals surface area contributed by atoms with Crippen molar-refractivity contribution in [3.05, 3.63) is 52.1 Å². The normalized spacial score (nSPS) is 10.6. The van der Waals surface area contributed by atoms with Gasteiger partial charge in [0.05, 0.1) is 0 Å². The molecule has 1 aromatic carbocycles. The van der Waals surface area contributed by atoms with E-state index in [0.717, 1.165) is 34.7 Å². The van der Waals surface area contributed by atoms with Crippen molar-refractivity contribution in [3.8, 4) is 0 Å². The maximum absolute atomic E-state index is 12.9. The summed E-state index contributed by atoms with van der Waals surface area (Å²) in [5.74, 6) is 1.48. The van der Waals surface area contributed by atoms with Gasteiger partial charge in [0.25, 0.3) is 0 Å². The maximum atomic E-state index is 12.9. The van der Waals surface area contributed by atoms with Crippen LogP contribution < -0.4 is 4.90 Å². The van der Waals surface area contributed by atoms with Gasteiger partial charge in [-0.2, -0.15) is 0 Å². The van der Waals surface area contributed by atoms with Gasteiger partial charge in [0.1, 0.15) is 22.1 Å². The van der Waals surface area contributed by atoms with Gasteiger partial charge >= 0.3 is 0 Å². The minimum Gasteiger partial charge on any atom is -0.355 e. The highest BCUT2D eigenvalue weighted by Gasteiger charge is 2.08. The lowest BCUT2D eigenvalue weighted by atomic mass is 10.2. The molecule has 0 atom stereocenters. The van der Waals surface area contributed by atoms with Crippen LogP contribution in [0.1, 0.15) is 24.7 Å². The van der Waals surface area contributed by atoms with E-state index in [4.69, 9.17) is 0 Å². The van der Waals surface area contributed by atoms with E-state index >= 15 is 0 Å². The Bertz CT molecular complexity index is 572.